The fraction of sp³-hybridized carbons (Fsp3) is 0.250. The first-order valence-corrected chi connectivity index (χ1v) is 8.81. The van der Waals surface area contributed by atoms with E-state index in [1.807, 2.05) is 13.8 Å². The molecule has 6 nitrogen and oxygen atoms in total. The van der Waals surface area contributed by atoms with Crippen LogP contribution >= 0.6 is 0 Å². The van der Waals surface area contributed by atoms with Crippen LogP contribution in [0.1, 0.15) is 19.4 Å². The van der Waals surface area contributed by atoms with Crippen LogP contribution in [0.3, 0.4) is 0 Å². The highest BCUT2D eigenvalue weighted by Gasteiger charge is 2.18. The fourth-order valence-electron chi connectivity index (χ4n) is 3.31. The Balaban J connectivity index is 2.01. The number of aromatic nitrogens is 4. The van der Waals surface area contributed by atoms with Gasteiger partial charge in [-0.2, -0.15) is 0 Å². The first-order chi connectivity index (χ1) is 13.0. The SMILES string of the molecule is CC(C)Cn1c(=O)c2ccccc2n2c(=O)n(Cc3cccc(F)c3)nc12. The van der Waals surface area contributed by atoms with E-state index in [0.717, 1.165) is 0 Å². The second-order valence-electron chi connectivity index (χ2n) is 7.03. The summed E-state index contributed by atoms with van der Waals surface area (Å²) in [5.74, 6) is 0.136. The lowest BCUT2D eigenvalue weighted by Gasteiger charge is -2.11. The van der Waals surface area contributed by atoms with Crippen LogP contribution in [-0.2, 0) is 13.1 Å². The average molecular weight is 366 g/mol. The van der Waals surface area contributed by atoms with Gasteiger partial charge in [0.1, 0.15) is 5.82 Å². The number of hydrogen-bond donors (Lipinski definition) is 0. The van der Waals surface area contributed by atoms with Gasteiger partial charge in [0.15, 0.2) is 0 Å². The zero-order valence-electron chi connectivity index (χ0n) is 15.1. The summed E-state index contributed by atoms with van der Waals surface area (Å²) in [4.78, 5) is 26.0. The van der Waals surface area contributed by atoms with Crippen molar-refractivity contribution in [2.24, 2.45) is 5.92 Å². The lowest BCUT2D eigenvalue weighted by molar-refractivity contribution is 0.516. The molecule has 2 aromatic carbocycles. The Kier molecular flexibility index (Phi) is 4.14. The van der Waals surface area contributed by atoms with Crippen LogP contribution in [0.25, 0.3) is 16.7 Å². The lowest BCUT2D eigenvalue weighted by Crippen LogP contribution is -2.27. The summed E-state index contributed by atoms with van der Waals surface area (Å²) >= 11 is 0. The predicted molar refractivity (Wildman–Crippen MR) is 102 cm³/mol. The molecule has 2 heterocycles. The van der Waals surface area contributed by atoms with Crippen LogP contribution in [0.2, 0.25) is 0 Å². The van der Waals surface area contributed by atoms with Crippen LogP contribution in [0.15, 0.2) is 58.1 Å². The maximum Gasteiger partial charge on any atom is 0.352 e. The van der Waals surface area contributed by atoms with E-state index >= 15 is 0 Å². The van der Waals surface area contributed by atoms with Gasteiger partial charge < -0.3 is 0 Å². The minimum atomic E-state index is -0.369. The highest BCUT2D eigenvalue weighted by atomic mass is 19.1. The number of nitrogens with zero attached hydrogens (tertiary/aromatic N) is 4. The van der Waals surface area contributed by atoms with E-state index in [-0.39, 0.29) is 29.5 Å². The Morgan fingerprint density at radius 1 is 1.07 bits per heavy atom. The third-order valence-electron chi connectivity index (χ3n) is 4.45. The molecule has 0 bridgehead atoms. The van der Waals surface area contributed by atoms with Crippen LogP contribution in [0, 0.1) is 11.7 Å². The molecule has 27 heavy (non-hydrogen) atoms. The van der Waals surface area contributed by atoms with Gasteiger partial charge in [-0.3, -0.25) is 9.36 Å². The number of fused-ring (bicyclic) bond motifs is 3. The second kappa shape index (κ2) is 6.50. The maximum atomic E-state index is 13.5. The Bertz CT molecular complexity index is 1270. The van der Waals surface area contributed by atoms with Crippen molar-refractivity contribution < 1.29 is 4.39 Å². The van der Waals surface area contributed by atoms with Gasteiger partial charge in [-0.1, -0.05) is 38.1 Å². The minimum Gasteiger partial charge on any atom is -0.276 e. The smallest absolute Gasteiger partial charge is 0.276 e. The molecule has 0 aliphatic carbocycles. The molecule has 0 saturated heterocycles. The standard InChI is InChI=1S/C20H19FN4O2/c1-13(2)11-23-18(26)16-8-3-4-9-17(16)25-19(23)22-24(20(25)27)12-14-6-5-7-15(21)10-14/h3-10,13H,11-12H2,1-2H3. The van der Waals surface area contributed by atoms with Gasteiger partial charge in [0.05, 0.1) is 17.4 Å². The van der Waals surface area contributed by atoms with Crippen molar-refractivity contribution in [2.75, 3.05) is 0 Å². The number of benzene rings is 2. The molecule has 0 N–H and O–H groups in total. The van der Waals surface area contributed by atoms with E-state index in [1.165, 1.54) is 25.8 Å². The molecule has 2 aromatic heterocycles. The Labute approximate surface area is 154 Å². The highest BCUT2D eigenvalue weighted by Crippen LogP contribution is 2.13. The molecule has 0 atom stereocenters. The van der Waals surface area contributed by atoms with Crippen molar-refractivity contribution in [2.45, 2.75) is 26.9 Å². The maximum absolute atomic E-state index is 13.5. The van der Waals surface area contributed by atoms with E-state index < -0.39 is 0 Å². The monoisotopic (exact) mass is 366 g/mol. The fourth-order valence-corrected chi connectivity index (χ4v) is 3.31. The summed E-state index contributed by atoms with van der Waals surface area (Å²) < 4.78 is 17.8. The molecule has 0 saturated carbocycles. The van der Waals surface area contributed by atoms with Crippen molar-refractivity contribution in [1.82, 2.24) is 18.7 Å². The molecule has 0 spiro atoms. The van der Waals surface area contributed by atoms with Gasteiger partial charge in [-0.05, 0) is 35.7 Å². The van der Waals surface area contributed by atoms with E-state index in [1.54, 1.807) is 36.4 Å². The summed E-state index contributed by atoms with van der Waals surface area (Å²) in [5, 5.41) is 4.88. The van der Waals surface area contributed by atoms with Gasteiger partial charge in [0.2, 0.25) is 5.78 Å². The largest absolute Gasteiger partial charge is 0.352 e. The zero-order valence-corrected chi connectivity index (χ0v) is 15.1. The summed E-state index contributed by atoms with van der Waals surface area (Å²) in [5.41, 5.74) is 0.619. The van der Waals surface area contributed by atoms with Crippen molar-refractivity contribution in [1.29, 1.82) is 0 Å². The molecule has 0 fully saturated rings. The van der Waals surface area contributed by atoms with E-state index in [9.17, 15) is 14.0 Å². The molecule has 7 heteroatoms. The van der Waals surface area contributed by atoms with E-state index in [0.29, 0.717) is 28.8 Å². The van der Waals surface area contributed by atoms with Gasteiger partial charge >= 0.3 is 5.69 Å². The van der Waals surface area contributed by atoms with Gasteiger partial charge in [-0.15, -0.1) is 5.10 Å². The molecular weight excluding hydrogens is 347 g/mol. The number of halogens is 1. The van der Waals surface area contributed by atoms with Crippen molar-refractivity contribution in [3.05, 3.63) is 80.7 Å². The second-order valence-corrected chi connectivity index (χ2v) is 7.03. The van der Waals surface area contributed by atoms with Crippen LogP contribution < -0.4 is 11.2 Å². The Hall–Kier alpha value is -3.22. The average Bonchev–Trinajstić information content (AvgIpc) is 2.95. The number of hydrogen-bond acceptors (Lipinski definition) is 3. The van der Waals surface area contributed by atoms with Crippen LogP contribution in [-0.4, -0.2) is 18.7 Å². The first-order valence-electron chi connectivity index (χ1n) is 8.81. The van der Waals surface area contributed by atoms with E-state index in [2.05, 4.69) is 5.10 Å². The third kappa shape index (κ3) is 2.95. The lowest BCUT2D eigenvalue weighted by atomic mass is 10.2. The quantitative estimate of drug-likeness (QED) is 0.558. The zero-order chi connectivity index (χ0) is 19.1. The molecule has 4 aromatic rings. The number of para-hydroxylation sites is 1. The first kappa shape index (κ1) is 17.2. The number of rotatable bonds is 4. The van der Waals surface area contributed by atoms with Crippen molar-refractivity contribution in [3.8, 4) is 0 Å². The molecular formula is C20H19FN4O2. The topological polar surface area (TPSA) is 61.3 Å². The minimum absolute atomic E-state index is 0.127. The summed E-state index contributed by atoms with van der Waals surface area (Å²) in [6.45, 7) is 4.58. The van der Waals surface area contributed by atoms with Gasteiger partial charge in [0.25, 0.3) is 5.56 Å². The summed E-state index contributed by atoms with van der Waals surface area (Å²) in [6, 6.07) is 13.1. The van der Waals surface area contributed by atoms with E-state index in [4.69, 9.17) is 0 Å². The predicted octanol–water partition coefficient (Wildman–Crippen LogP) is 2.65. The third-order valence-corrected chi connectivity index (χ3v) is 4.45. The molecule has 4 rings (SSSR count). The normalized spacial score (nSPS) is 11.7. The molecule has 0 aliphatic heterocycles. The Morgan fingerprint density at radius 2 is 1.85 bits per heavy atom. The molecule has 0 aliphatic rings. The molecule has 138 valence electrons. The Morgan fingerprint density at radius 3 is 2.59 bits per heavy atom. The van der Waals surface area contributed by atoms with Crippen LogP contribution in [0.4, 0.5) is 4.39 Å². The molecule has 0 radical (unpaired) electrons. The summed E-state index contributed by atoms with van der Waals surface area (Å²) in [6.07, 6.45) is 0. The van der Waals surface area contributed by atoms with Gasteiger partial charge in [-0.25, -0.2) is 18.3 Å². The van der Waals surface area contributed by atoms with Crippen molar-refractivity contribution >= 4 is 16.7 Å². The highest BCUT2D eigenvalue weighted by molar-refractivity contribution is 5.79. The van der Waals surface area contributed by atoms with Crippen LogP contribution in [0.5, 0.6) is 0 Å². The molecule has 0 unspecified atom stereocenters. The van der Waals surface area contributed by atoms with Crippen molar-refractivity contribution in [3.63, 3.8) is 0 Å². The molecule has 0 amide bonds. The summed E-state index contributed by atoms with van der Waals surface area (Å²) in [7, 11) is 0. The van der Waals surface area contributed by atoms with Gasteiger partial charge in [0, 0.05) is 6.54 Å².